The van der Waals surface area contributed by atoms with E-state index in [-0.39, 0.29) is 5.97 Å². The van der Waals surface area contributed by atoms with E-state index in [0.29, 0.717) is 12.5 Å². The molecule has 0 saturated carbocycles. The number of piperidine rings is 1. The molecule has 2 aromatic rings. The van der Waals surface area contributed by atoms with Crippen molar-refractivity contribution in [1.82, 2.24) is 0 Å². The number of carbonyl (C=O) groups excluding carboxylic acids is 1. The van der Waals surface area contributed by atoms with Crippen LogP contribution in [-0.4, -0.2) is 25.7 Å². The summed E-state index contributed by atoms with van der Waals surface area (Å²) in [6.07, 6.45) is 3.16. The number of esters is 1. The van der Waals surface area contributed by atoms with Gasteiger partial charge in [-0.3, -0.25) is 4.79 Å². The van der Waals surface area contributed by atoms with Crippen molar-refractivity contribution in [2.45, 2.75) is 26.2 Å². The molecule has 2 aromatic carbocycles. The van der Waals surface area contributed by atoms with Crippen molar-refractivity contribution in [3.63, 3.8) is 0 Å². The van der Waals surface area contributed by atoms with Gasteiger partial charge in [-0.15, -0.1) is 0 Å². The third-order valence-electron chi connectivity index (χ3n) is 4.81. The molecule has 0 aromatic heterocycles. The summed E-state index contributed by atoms with van der Waals surface area (Å²) in [6.45, 7) is 3.99. The maximum Gasteiger partial charge on any atom is 0.302 e. The molecule has 1 aliphatic rings. The lowest BCUT2D eigenvalue weighted by Gasteiger charge is -2.34. The molecule has 0 N–H and O–H groups in total. The molecule has 0 bridgehead atoms. The van der Waals surface area contributed by atoms with E-state index >= 15 is 0 Å². The molecule has 0 radical (unpaired) electrons. The Morgan fingerprint density at radius 3 is 2.58 bits per heavy atom. The van der Waals surface area contributed by atoms with Crippen LogP contribution in [0.4, 0.5) is 5.69 Å². The normalized spacial score (nSPS) is 15.2. The van der Waals surface area contributed by atoms with Gasteiger partial charge in [0.2, 0.25) is 0 Å². The molecule has 0 spiro atoms. The van der Waals surface area contributed by atoms with Gasteiger partial charge in [-0.1, -0.05) is 24.3 Å². The van der Waals surface area contributed by atoms with Crippen molar-refractivity contribution in [3.05, 3.63) is 42.0 Å². The minimum Gasteiger partial charge on any atom is -0.466 e. The van der Waals surface area contributed by atoms with E-state index in [1.165, 1.54) is 12.6 Å². The second-order valence-electron chi connectivity index (χ2n) is 6.35. The Labute approximate surface area is 142 Å². The van der Waals surface area contributed by atoms with Crippen LogP contribution < -0.4 is 4.90 Å². The molecular formula is C20H22N2O2. The molecule has 4 heteroatoms. The summed E-state index contributed by atoms with van der Waals surface area (Å²) >= 11 is 0. The Balaban J connectivity index is 1.70. The minimum absolute atomic E-state index is 0.198. The van der Waals surface area contributed by atoms with Gasteiger partial charge in [0.1, 0.15) is 0 Å². The Morgan fingerprint density at radius 1 is 1.21 bits per heavy atom. The highest BCUT2D eigenvalue weighted by Gasteiger charge is 2.21. The number of ether oxygens (including phenoxy) is 1. The van der Waals surface area contributed by atoms with Gasteiger partial charge in [0.15, 0.2) is 0 Å². The van der Waals surface area contributed by atoms with Gasteiger partial charge < -0.3 is 9.64 Å². The van der Waals surface area contributed by atoms with E-state index < -0.39 is 0 Å². The molecule has 3 rings (SSSR count). The molecule has 1 aliphatic heterocycles. The van der Waals surface area contributed by atoms with Crippen LogP contribution >= 0.6 is 0 Å². The maximum absolute atomic E-state index is 10.8. The van der Waals surface area contributed by atoms with Gasteiger partial charge in [0.05, 0.1) is 18.2 Å². The molecule has 0 atom stereocenters. The van der Waals surface area contributed by atoms with Gasteiger partial charge >= 0.3 is 5.97 Å². The van der Waals surface area contributed by atoms with Crippen LogP contribution in [0.5, 0.6) is 0 Å². The van der Waals surface area contributed by atoms with Crippen molar-refractivity contribution in [1.29, 1.82) is 5.26 Å². The van der Waals surface area contributed by atoms with Crippen LogP contribution in [0.1, 0.15) is 31.7 Å². The highest BCUT2D eigenvalue weighted by molar-refractivity contribution is 5.97. The van der Waals surface area contributed by atoms with Gasteiger partial charge in [-0.05, 0) is 37.3 Å². The summed E-state index contributed by atoms with van der Waals surface area (Å²) in [5.41, 5.74) is 1.94. The second-order valence-corrected chi connectivity index (χ2v) is 6.35. The summed E-state index contributed by atoms with van der Waals surface area (Å²) in [4.78, 5) is 13.3. The van der Waals surface area contributed by atoms with Gasteiger partial charge in [0, 0.05) is 36.5 Å². The number of nitriles is 1. The van der Waals surface area contributed by atoms with Crippen LogP contribution in [0.25, 0.3) is 10.8 Å². The molecule has 0 amide bonds. The number of nitrogens with zero attached hydrogens (tertiary/aromatic N) is 2. The van der Waals surface area contributed by atoms with Crippen molar-refractivity contribution >= 4 is 22.4 Å². The Hall–Kier alpha value is -2.54. The molecule has 0 aliphatic carbocycles. The molecule has 0 unspecified atom stereocenters. The van der Waals surface area contributed by atoms with E-state index in [1.807, 2.05) is 24.3 Å². The zero-order valence-corrected chi connectivity index (χ0v) is 14.0. The number of benzene rings is 2. The molecule has 124 valence electrons. The van der Waals surface area contributed by atoms with E-state index in [1.54, 1.807) is 0 Å². The Kier molecular flexibility index (Phi) is 5.00. The molecule has 1 fully saturated rings. The Bertz CT molecular complexity index is 771. The average molecular weight is 322 g/mol. The molecule has 1 heterocycles. The number of anilines is 1. The highest BCUT2D eigenvalue weighted by atomic mass is 16.5. The van der Waals surface area contributed by atoms with Gasteiger partial charge in [-0.2, -0.15) is 5.26 Å². The topological polar surface area (TPSA) is 53.3 Å². The van der Waals surface area contributed by atoms with Crippen LogP contribution in [0.3, 0.4) is 0 Å². The first-order valence-electron chi connectivity index (χ1n) is 8.49. The predicted octanol–water partition coefficient (Wildman–Crippen LogP) is 3.88. The smallest absolute Gasteiger partial charge is 0.302 e. The van der Waals surface area contributed by atoms with Crippen LogP contribution in [0.2, 0.25) is 0 Å². The summed E-state index contributed by atoms with van der Waals surface area (Å²) in [5, 5.41) is 11.5. The fourth-order valence-corrected chi connectivity index (χ4v) is 3.49. The van der Waals surface area contributed by atoms with Crippen LogP contribution in [0, 0.1) is 17.2 Å². The number of hydrogen-bond acceptors (Lipinski definition) is 4. The third kappa shape index (κ3) is 3.51. The van der Waals surface area contributed by atoms with Crippen molar-refractivity contribution in [2.24, 2.45) is 5.92 Å². The number of carbonyl (C=O) groups is 1. The zero-order chi connectivity index (χ0) is 16.9. The standard InChI is InChI=1S/C20H22N2O2/c1-15(23)24-13-10-16-8-11-22(12-9-16)20-7-6-17(14-21)18-4-2-3-5-19(18)20/h2-7,16H,8-13H2,1H3. The van der Waals surface area contributed by atoms with E-state index in [0.717, 1.165) is 48.7 Å². The average Bonchev–Trinajstić information content (AvgIpc) is 2.61. The Morgan fingerprint density at radius 2 is 1.92 bits per heavy atom. The van der Waals surface area contributed by atoms with E-state index in [2.05, 4.69) is 23.1 Å². The van der Waals surface area contributed by atoms with E-state index in [9.17, 15) is 10.1 Å². The largest absolute Gasteiger partial charge is 0.466 e. The summed E-state index contributed by atoms with van der Waals surface area (Å²) in [7, 11) is 0. The third-order valence-corrected chi connectivity index (χ3v) is 4.81. The number of hydrogen-bond donors (Lipinski definition) is 0. The molecular weight excluding hydrogens is 300 g/mol. The highest BCUT2D eigenvalue weighted by Crippen LogP contribution is 2.32. The zero-order valence-electron chi connectivity index (χ0n) is 14.0. The van der Waals surface area contributed by atoms with Gasteiger partial charge in [0.25, 0.3) is 0 Å². The lowest BCUT2D eigenvalue weighted by Crippen LogP contribution is -2.34. The summed E-state index contributed by atoms with van der Waals surface area (Å²) in [5.74, 6) is 0.418. The summed E-state index contributed by atoms with van der Waals surface area (Å²) < 4.78 is 5.06. The summed E-state index contributed by atoms with van der Waals surface area (Å²) in [6, 6.07) is 14.4. The molecule has 24 heavy (non-hydrogen) atoms. The van der Waals surface area contributed by atoms with Crippen LogP contribution in [0.15, 0.2) is 36.4 Å². The van der Waals surface area contributed by atoms with Gasteiger partial charge in [-0.25, -0.2) is 0 Å². The quantitative estimate of drug-likeness (QED) is 0.802. The van der Waals surface area contributed by atoms with Crippen molar-refractivity contribution in [3.8, 4) is 6.07 Å². The lowest BCUT2D eigenvalue weighted by atomic mass is 9.93. The maximum atomic E-state index is 10.8. The molecule has 4 nitrogen and oxygen atoms in total. The monoisotopic (exact) mass is 322 g/mol. The van der Waals surface area contributed by atoms with Crippen molar-refractivity contribution < 1.29 is 9.53 Å². The number of rotatable bonds is 4. The minimum atomic E-state index is -0.198. The first kappa shape index (κ1) is 16.3. The fourth-order valence-electron chi connectivity index (χ4n) is 3.49. The lowest BCUT2D eigenvalue weighted by molar-refractivity contribution is -0.141. The van der Waals surface area contributed by atoms with Crippen molar-refractivity contribution in [2.75, 3.05) is 24.6 Å². The first-order valence-corrected chi connectivity index (χ1v) is 8.49. The fraction of sp³-hybridized carbons (Fsp3) is 0.400. The molecule has 1 saturated heterocycles. The second kappa shape index (κ2) is 7.35. The predicted molar refractivity (Wildman–Crippen MR) is 94.9 cm³/mol. The van der Waals surface area contributed by atoms with Crippen LogP contribution in [-0.2, 0) is 9.53 Å². The number of fused-ring (bicyclic) bond motifs is 1. The van der Waals surface area contributed by atoms with E-state index in [4.69, 9.17) is 4.74 Å². The first-order chi connectivity index (χ1) is 11.7. The SMILES string of the molecule is CC(=O)OCCC1CCN(c2ccc(C#N)c3ccccc23)CC1.